The van der Waals surface area contributed by atoms with Crippen molar-refractivity contribution in [3.05, 3.63) is 47.8 Å². The molecule has 2 aromatic rings. The monoisotopic (exact) mass is 317 g/mol. The van der Waals surface area contributed by atoms with Crippen molar-refractivity contribution in [3.8, 4) is 0 Å². The Kier molecular flexibility index (Phi) is 3.38. The van der Waals surface area contributed by atoms with Crippen molar-refractivity contribution in [3.63, 3.8) is 0 Å². The van der Waals surface area contributed by atoms with Crippen LogP contribution < -0.4 is 10.5 Å². The molecule has 4 N–H and O–H groups in total. The number of hydrogen-bond donors (Lipinski definition) is 3. The van der Waals surface area contributed by atoms with Crippen LogP contribution >= 0.6 is 0 Å². The van der Waals surface area contributed by atoms with Gasteiger partial charge in [-0.2, -0.15) is 0 Å². The molecule has 0 aliphatic carbocycles. The third kappa shape index (κ3) is 2.34. The second-order valence-corrected chi connectivity index (χ2v) is 6.56. The lowest BCUT2D eigenvalue weighted by Gasteiger charge is -2.08. The number of hydrogen-bond acceptors (Lipinski definition) is 3. The maximum atomic E-state index is 12.3. The number of carbonyl (C=O) groups excluding carboxylic acids is 1. The van der Waals surface area contributed by atoms with Crippen LogP contribution in [0.1, 0.15) is 24.6 Å². The Bertz CT molecular complexity index is 881. The number of benzene rings is 1. The summed E-state index contributed by atoms with van der Waals surface area (Å²) in [7, 11) is -3.82. The Morgan fingerprint density at radius 2 is 2.05 bits per heavy atom. The van der Waals surface area contributed by atoms with Gasteiger partial charge in [0.2, 0.25) is 10.0 Å². The zero-order chi connectivity index (χ0) is 15.9. The van der Waals surface area contributed by atoms with Crippen LogP contribution in [-0.2, 0) is 14.8 Å². The minimum Gasteiger partial charge on any atom is -0.361 e. The quantitative estimate of drug-likeness (QED) is 0.753. The van der Waals surface area contributed by atoms with Crippen LogP contribution in [0, 0.1) is 0 Å². The van der Waals surface area contributed by atoms with E-state index in [4.69, 9.17) is 5.14 Å². The highest BCUT2D eigenvalue weighted by Gasteiger charge is 2.29. The molecule has 2 heterocycles. The van der Waals surface area contributed by atoms with E-state index < -0.39 is 10.0 Å². The number of nitrogens with one attached hydrogen (secondary N) is 2. The molecule has 114 valence electrons. The fourth-order valence-electron chi connectivity index (χ4n) is 2.64. The van der Waals surface area contributed by atoms with Crippen molar-refractivity contribution in [1.29, 1.82) is 0 Å². The van der Waals surface area contributed by atoms with Gasteiger partial charge in [-0.15, -0.1) is 0 Å². The highest BCUT2D eigenvalue weighted by Crippen LogP contribution is 2.38. The number of aromatic nitrogens is 1. The summed E-state index contributed by atoms with van der Waals surface area (Å²) in [6, 6.07) is 8.11. The molecule has 1 amide bonds. The lowest BCUT2D eigenvalue weighted by molar-refractivity contribution is -0.110. The van der Waals surface area contributed by atoms with E-state index in [1.807, 2.05) is 19.1 Å². The van der Waals surface area contributed by atoms with Crippen molar-refractivity contribution in [2.45, 2.75) is 18.2 Å². The number of amides is 1. The number of nitrogens with two attached hydrogens (primary N) is 1. The van der Waals surface area contributed by atoms with Gasteiger partial charge in [0.15, 0.2) is 0 Å². The minimum absolute atomic E-state index is 0.0119. The van der Waals surface area contributed by atoms with Crippen LogP contribution in [0.15, 0.2) is 41.4 Å². The number of anilines is 1. The van der Waals surface area contributed by atoms with Crippen LogP contribution in [-0.4, -0.2) is 19.3 Å². The molecule has 6 nitrogen and oxygen atoms in total. The number of allylic oxidation sites excluding steroid dienone is 1. The molecular weight excluding hydrogens is 302 g/mol. The smallest absolute Gasteiger partial charge is 0.256 e. The Hall–Kier alpha value is -2.38. The first kappa shape index (κ1) is 14.6. The molecule has 0 atom stereocenters. The number of H-pyrrole nitrogens is 1. The van der Waals surface area contributed by atoms with Gasteiger partial charge < -0.3 is 10.3 Å². The average Bonchev–Trinajstić information content (AvgIpc) is 3.07. The normalized spacial score (nSPS) is 16.4. The van der Waals surface area contributed by atoms with Crippen LogP contribution in [0.4, 0.5) is 5.69 Å². The Labute approximate surface area is 128 Å². The van der Waals surface area contributed by atoms with Crippen LogP contribution in [0.2, 0.25) is 0 Å². The molecule has 3 rings (SSSR count). The van der Waals surface area contributed by atoms with E-state index in [2.05, 4.69) is 10.3 Å². The Morgan fingerprint density at radius 3 is 2.64 bits per heavy atom. The standard InChI is InChI=1S/C15H15N3O3S/c1-2-10(12-4-3-7-17-12)14-11-8-9(22(16,20)21)5-6-13(11)18-15(14)19/h3-8,17H,2H2,1H3,(H,18,19)(H2,16,20,21)/b14-10+. The fraction of sp³-hybridized carbons (Fsp3) is 0.133. The van der Waals surface area contributed by atoms with Crippen molar-refractivity contribution in [2.24, 2.45) is 5.14 Å². The van der Waals surface area contributed by atoms with E-state index in [-0.39, 0.29) is 10.8 Å². The van der Waals surface area contributed by atoms with E-state index in [1.54, 1.807) is 12.3 Å². The molecule has 0 saturated heterocycles. The third-order valence-electron chi connectivity index (χ3n) is 3.64. The van der Waals surface area contributed by atoms with Gasteiger partial charge in [-0.05, 0) is 42.3 Å². The van der Waals surface area contributed by atoms with Gasteiger partial charge in [0.05, 0.1) is 10.5 Å². The number of carbonyl (C=O) groups is 1. The molecule has 0 unspecified atom stereocenters. The highest BCUT2D eigenvalue weighted by molar-refractivity contribution is 7.89. The maximum absolute atomic E-state index is 12.3. The van der Waals surface area contributed by atoms with Gasteiger partial charge >= 0.3 is 0 Å². The first-order chi connectivity index (χ1) is 10.4. The molecule has 1 aromatic carbocycles. The van der Waals surface area contributed by atoms with E-state index >= 15 is 0 Å². The average molecular weight is 317 g/mol. The van der Waals surface area contributed by atoms with E-state index in [9.17, 15) is 13.2 Å². The number of sulfonamides is 1. The minimum atomic E-state index is -3.82. The second kappa shape index (κ2) is 5.11. The molecule has 0 radical (unpaired) electrons. The second-order valence-electron chi connectivity index (χ2n) is 5.00. The third-order valence-corrected chi connectivity index (χ3v) is 4.55. The fourth-order valence-corrected chi connectivity index (χ4v) is 3.18. The van der Waals surface area contributed by atoms with Gasteiger partial charge in [0, 0.05) is 23.1 Å². The summed E-state index contributed by atoms with van der Waals surface area (Å²) in [6.45, 7) is 1.94. The number of rotatable bonds is 3. The molecule has 0 bridgehead atoms. The summed E-state index contributed by atoms with van der Waals surface area (Å²) >= 11 is 0. The highest BCUT2D eigenvalue weighted by atomic mass is 32.2. The zero-order valence-corrected chi connectivity index (χ0v) is 12.7. The molecule has 22 heavy (non-hydrogen) atoms. The lowest BCUT2D eigenvalue weighted by atomic mass is 9.97. The van der Waals surface area contributed by atoms with Crippen molar-refractivity contribution in [1.82, 2.24) is 4.98 Å². The SMILES string of the molecule is CC/C(=C1\C(=O)Nc2ccc(S(N)(=O)=O)cc21)c1ccc[nH]1. The molecule has 1 aromatic heterocycles. The Morgan fingerprint density at radius 1 is 1.27 bits per heavy atom. The topological polar surface area (TPSA) is 105 Å². The summed E-state index contributed by atoms with van der Waals surface area (Å²) in [6.07, 6.45) is 2.41. The first-order valence-corrected chi connectivity index (χ1v) is 8.32. The van der Waals surface area contributed by atoms with Crippen LogP contribution in [0.25, 0.3) is 11.1 Å². The molecular formula is C15H15N3O3S. The summed E-state index contributed by atoms with van der Waals surface area (Å²) in [4.78, 5) is 15.4. The van der Waals surface area contributed by atoms with Gasteiger partial charge in [-0.1, -0.05) is 6.92 Å². The van der Waals surface area contributed by atoms with Gasteiger partial charge in [0.1, 0.15) is 0 Å². The Balaban J connectivity index is 2.26. The first-order valence-electron chi connectivity index (χ1n) is 6.77. The van der Waals surface area contributed by atoms with Crippen molar-refractivity contribution in [2.75, 3.05) is 5.32 Å². The predicted octanol–water partition coefficient (Wildman–Crippen LogP) is 1.94. The summed E-state index contributed by atoms with van der Waals surface area (Å²) < 4.78 is 23.1. The van der Waals surface area contributed by atoms with Gasteiger partial charge in [0.25, 0.3) is 5.91 Å². The van der Waals surface area contributed by atoms with Gasteiger partial charge in [-0.3, -0.25) is 4.79 Å². The van der Waals surface area contributed by atoms with Crippen LogP contribution in [0.3, 0.4) is 0 Å². The molecule has 7 heteroatoms. The van der Waals surface area contributed by atoms with E-state index in [0.717, 1.165) is 11.3 Å². The van der Waals surface area contributed by atoms with E-state index in [0.29, 0.717) is 23.2 Å². The predicted molar refractivity (Wildman–Crippen MR) is 84.3 cm³/mol. The molecule has 0 spiro atoms. The molecule has 0 fully saturated rings. The molecule has 1 aliphatic rings. The number of primary sulfonamides is 1. The van der Waals surface area contributed by atoms with Crippen molar-refractivity contribution >= 4 is 32.8 Å². The molecule has 1 aliphatic heterocycles. The lowest BCUT2D eigenvalue weighted by Crippen LogP contribution is -2.12. The summed E-state index contributed by atoms with van der Waals surface area (Å²) in [5.41, 5.74) is 3.28. The van der Waals surface area contributed by atoms with Crippen molar-refractivity contribution < 1.29 is 13.2 Å². The van der Waals surface area contributed by atoms with E-state index in [1.165, 1.54) is 12.1 Å². The van der Waals surface area contributed by atoms with Gasteiger partial charge in [-0.25, -0.2) is 13.6 Å². The maximum Gasteiger partial charge on any atom is 0.256 e. The number of fused-ring (bicyclic) bond motifs is 1. The van der Waals surface area contributed by atoms with Crippen LogP contribution in [0.5, 0.6) is 0 Å². The summed E-state index contributed by atoms with van der Waals surface area (Å²) in [5.74, 6) is -0.243. The largest absolute Gasteiger partial charge is 0.361 e. The molecule has 0 saturated carbocycles. The number of aromatic amines is 1. The zero-order valence-electron chi connectivity index (χ0n) is 11.9. The summed E-state index contributed by atoms with van der Waals surface area (Å²) in [5, 5.41) is 7.94.